The number of hydrogen-bond donors (Lipinski definition) is 2. The zero-order chi connectivity index (χ0) is 14.4. The number of ether oxygens (including phenoxy) is 2. The zero-order valence-corrected chi connectivity index (χ0v) is 12.4. The van der Waals surface area contributed by atoms with Crippen LogP contribution in [0.25, 0.3) is 0 Å². The van der Waals surface area contributed by atoms with E-state index in [0.717, 1.165) is 12.0 Å². The Hall–Kier alpha value is -0.970. The van der Waals surface area contributed by atoms with Gasteiger partial charge >= 0.3 is 0 Å². The van der Waals surface area contributed by atoms with Gasteiger partial charge in [-0.1, -0.05) is 24.6 Å². The van der Waals surface area contributed by atoms with Gasteiger partial charge in [0.05, 0.1) is 19.2 Å². The van der Waals surface area contributed by atoms with Crippen molar-refractivity contribution >= 4 is 11.6 Å². The van der Waals surface area contributed by atoms with Crippen LogP contribution in [0.15, 0.2) is 12.1 Å². The zero-order valence-electron chi connectivity index (χ0n) is 11.6. The van der Waals surface area contributed by atoms with Gasteiger partial charge in [0.2, 0.25) is 0 Å². The van der Waals surface area contributed by atoms with Gasteiger partial charge in [-0.05, 0) is 24.5 Å². The second-order valence-corrected chi connectivity index (χ2v) is 4.77. The van der Waals surface area contributed by atoms with Crippen LogP contribution in [-0.4, -0.2) is 32.0 Å². The lowest BCUT2D eigenvalue weighted by atomic mass is 9.87. The van der Waals surface area contributed by atoms with E-state index in [-0.39, 0.29) is 18.6 Å². The molecule has 0 aromatic heterocycles. The molecular weight excluding hydrogens is 266 g/mol. The monoisotopic (exact) mass is 287 g/mol. The van der Waals surface area contributed by atoms with Crippen LogP contribution in [0.2, 0.25) is 5.02 Å². The molecule has 0 aliphatic carbocycles. The number of nitrogens with two attached hydrogens (primary N) is 1. The molecule has 0 saturated heterocycles. The summed E-state index contributed by atoms with van der Waals surface area (Å²) in [4.78, 5) is 0. The molecular formula is C14H22ClNO3. The molecule has 0 saturated carbocycles. The fraction of sp³-hybridized carbons (Fsp3) is 0.571. The predicted octanol–water partition coefficient (Wildman–Crippen LogP) is 2.56. The highest BCUT2D eigenvalue weighted by Gasteiger charge is 2.24. The molecule has 1 rings (SSSR count). The lowest BCUT2D eigenvalue weighted by Gasteiger charge is -2.25. The maximum absolute atomic E-state index is 9.21. The molecule has 0 bridgehead atoms. The highest BCUT2D eigenvalue weighted by Crippen LogP contribution is 2.41. The van der Waals surface area contributed by atoms with Crippen LogP contribution in [0.4, 0.5) is 0 Å². The third-order valence-corrected chi connectivity index (χ3v) is 3.73. The topological polar surface area (TPSA) is 64.7 Å². The Kier molecular flexibility index (Phi) is 6.42. The smallest absolute Gasteiger partial charge is 0.179 e. The van der Waals surface area contributed by atoms with Gasteiger partial charge in [-0.25, -0.2) is 0 Å². The first kappa shape index (κ1) is 16.1. The summed E-state index contributed by atoms with van der Waals surface area (Å²) >= 11 is 6.38. The Morgan fingerprint density at radius 1 is 1.32 bits per heavy atom. The first-order chi connectivity index (χ1) is 9.10. The van der Waals surface area contributed by atoms with Gasteiger partial charge in [-0.3, -0.25) is 0 Å². The van der Waals surface area contributed by atoms with Crippen LogP contribution in [0, 0.1) is 0 Å². The third kappa shape index (κ3) is 3.53. The van der Waals surface area contributed by atoms with Gasteiger partial charge in [-0.2, -0.15) is 0 Å². The van der Waals surface area contributed by atoms with Crippen molar-refractivity contribution < 1.29 is 14.6 Å². The molecule has 0 radical (unpaired) electrons. The molecule has 0 aliphatic heterocycles. The minimum absolute atomic E-state index is 0.00214. The van der Waals surface area contributed by atoms with E-state index in [9.17, 15) is 5.11 Å². The van der Waals surface area contributed by atoms with Crippen molar-refractivity contribution in [3.05, 3.63) is 22.7 Å². The second kappa shape index (κ2) is 7.58. The van der Waals surface area contributed by atoms with Crippen molar-refractivity contribution in [2.24, 2.45) is 5.73 Å². The largest absolute Gasteiger partial charge is 0.493 e. The number of hydrogen-bond acceptors (Lipinski definition) is 4. The summed E-state index contributed by atoms with van der Waals surface area (Å²) in [5.74, 6) is 1.10. The summed E-state index contributed by atoms with van der Waals surface area (Å²) in [5.41, 5.74) is 7.02. The molecule has 0 spiro atoms. The van der Waals surface area contributed by atoms with Gasteiger partial charge in [0, 0.05) is 18.6 Å². The Morgan fingerprint density at radius 3 is 2.47 bits per heavy atom. The van der Waals surface area contributed by atoms with Gasteiger partial charge < -0.3 is 20.3 Å². The highest BCUT2D eigenvalue weighted by molar-refractivity contribution is 6.33. The van der Waals surface area contributed by atoms with E-state index < -0.39 is 0 Å². The molecule has 0 fully saturated rings. The maximum atomic E-state index is 9.21. The molecule has 2 atom stereocenters. The van der Waals surface area contributed by atoms with Crippen molar-refractivity contribution in [3.63, 3.8) is 0 Å². The van der Waals surface area contributed by atoms with Crippen molar-refractivity contribution in [1.82, 2.24) is 0 Å². The van der Waals surface area contributed by atoms with Crippen LogP contribution in [0.3, 0.4) is 0 Å². The predicted molar refractivity (Wildman–Crippen MR) is 77.3 cm³/mol. The van der Waals surface area contributed by atoms with Crippen LogP contribution >= 0.6 is 11.6 Å². The van der Waals surface area contributed by atoms with Crippen LogP contribution in [0.5, 0.6) is 11.5 Å². The normalized spacial score (nSPS) is 14.0. The first-order valence-electron chi connectivity index (χ1n) is 6.37. The lowest BCUT2D eigenvalue weighted by Crippen LogP contribution is -2.28. The molecule has 0 aliphatic rings. The molecule has 108 valence electrons. The standard InChI is InChI=1S/C14H22ClNO3/c1-4-11(16)9(7-8-17)10-5-6-12(18-2)14(19-3)13(10)15/h5-6,9,11,17H,4,7-8,16H2,1-3H3. The van der Waals surface area contributed by atoms with Gasteiger partial charge in [0.25, 0.3) is 0 Å². The number of halogens is 1. The fourth-order valence-electron chi connectivity index (χ4n) is 2.21. The molecule has 1 aromatic carbocycles. The lowest BCUT2D eigenvalue weighted by molar-refractivity contribution is 0.266. The third-order valence-electron chi connectivity index (χ3n) is 3.34. The van der Waals surface area contributed by atoms with Crippen LogP contribution < -0.4 is 15.2 Å². The average molecular weight is 288 g/mol. The number of rotatable bonds is 7. The van der Waals surface area contributed by atoms with Crippen LogP contribution in [-0.2, 0) is 0 Å². The summed E-state index contributed by atoms with van der Waals surface area (Å²) in [7, 11) is 3.12. The van der Waals surface area contributed by atoms with Crippen molar-refractivity contribution in [2.45, 2.75) is 31.7 Å². The summed E-state index contributed by atoms with van der Waals surface area (Å²) in [5, 5.41) is 9.71. The van der Waals surface area contributed by atoms with E-state index in [4.69, 9.17) is 26.8 Å². The number of benzene rings is 1. The summed E-state index contributed by atoms with van der Waals surface area (Å²) in [6.07, 6.45) is 1.39. The van der Waals surface area contributed by atoms with E-state index in [0.29, 0.717) is 22.9 Å². The van der Waals surface area contributed by atoms with Crippen molar-refractivity contribution in [1.29, 1.82) is 0 Å². The molecule has 19 heavy (non-hydrogen) atoms. The first-order valence-corrected chi connectivity index (χ1v) is 6.75. The Morgan fingerprint density at radius 2 is 2.00 bits per heavy atom. The summed E-state index contributed by atoms with van der Waals surface area (Å²) in [6.45, 7) is 2.09. The minimum atomic E-state index is -0.0530. The Bertz CT molecular complexity index is 412. The number of aliphatic hydroxyl groups excluding tert-OH is 1. The van der Waals surface area contributed by atoms with Crippen molar-refractivity contribution in [2.75, 3.05) is 20.8 Å². The number of methoxy groups -OCH3 is 2. The molecule has 4 nitrogen and oxygen atoms in total. The van der Waals surface area contributed by atoms with E-state index >= 15 is 0 Å². The number of aliphatic hydroxyl groups is 1. The quantitative estimate of drug-likeness (QED) is 0.809. The average Bonchev–Trinajstić information content (AvgIpc) is 2.44. The second-order valence-electron chi connectivity index (χ2n) is 4.40. The summed E-state index contributed by atoms with van der Waals surface area (Å²) < 4.78 is 10.5. The highest BCUT2D eigenvalue weighted by atomic mass is 35.5. The molecule has 5 heteroatoms. The molecule has 0 amide bonds. The Labute approximate surface area is 119 Å². The SMILES string of the molecule is CCC(N)C(CCO)c1ccc(OC)c(OC)c1Cl. The molecule has 3 N–H and O–H groups in total. The fourth-order valence-corrected chi connectivity index (χ4v) is 2.59. The van der Waals surface area contributed by atoms with Gasteiger partial charge in [0.1, 0.15) is 0 Å². The van der Waals surface area contributed by atoms with E-state index in [1.165, 1.54) is 0 Å². The molecule has 2 unspecified atom stereocenters. The van der Waals surface area contributed by atoms with Gasteiger partial charge in [0.15, 0.2) is 11.5 Å². The van der Waals surface area contributed by atoms with Crippen molar-refractivity contribution in [3.8, 4) is 11.5 Å². The van der Waals surface area contributed by atoms with E-state index in [1.807, 2.05) is 19.1 Å². The minimum Gasteiger partial charge on any atom is -0.493 e. The van der Waals surface area contributed by atoms with E-state index in [2.05, 4.69) is 0 Å². The maximum Gasteiger partial charge on any atom is 0.179 e. The summed E-state index contributed by atoms with van der Waals surface area (Å²) in [6, 6.07) is 3.65. The van der Waals surface area contributed by atoms with Gasteiger partial charge in [-0.15, -0.1) is 0 Å². The molecule has 1 aromatic rings. The molecule has 0 heterocycles. The van der Waals surface area contributed by atoms with Crippen LogP contribution in [0.1, 0.15) is 31.2 Å². The van der Waals surface area contributed by atoms with E-state index in [1.54, 1.807) is 14.2 Å². The Balaban J connectivity index is 3.23.